The van der Waals surface area contributed by atoms with Gasteiger partial charge in [0.1, 0.15) is 6.10 Å². The van der Waals surface area contributed by atoms with E-state index in [1.165, 1.54) is 0 Å². The lowest BCUT2D eigenvalue weighted by Gasteiger charge is -2.17. The van der Waals surface area contributed by atoms with E-state index in [-0.39, 0.29) is 5.91 Å². The molecule has 1 aromatic carbocycles. The number of anilines is 1. The second kappa shape index (κ2) is 8.04. The summed E-state index contributed by atoms with van der Waals surface area (Å²) in [5.74, 6) is -0.166. The fourth-order valence-electron chi connectivity index (χ4n) is 2.32. The predicted molar refractivity (Wildman–Crippen MR) is 91.8 cm³/mol. The summed E-state index contributed by atoms with van der Waals surface area (Å²) in [7, 11) is 0. The second-order valence-corrected chi connectivity index (χ2v) is 5.41. The van der Waals surface area contributed by atoms with Crippen LogP contribution in [0.2, 0.25) is 0 Å². The molecule has 0 aliphatic carbocycles. The van der Waals surface area contributed by atoms with Crippen LogP contribution >= 0.6 is 0 Å². The largest absolute Gasteiger partial charge is 0.379 e. The van der Waals surface area contributed by atoms with Crippen LogP contribution in [0.15, 0.2) is 24.3 Å². The number of para-hydroxylation sites is 1. The SMILES string of the molecule is CCOCCOC(C)C(=O)Nc1c(C)c(C)nc2ccccc12. The topological polar surface area (TPSA) is 60.5 Å². The molecule has 5 nitrogen and oxygen atoms in total. The summed E-state index contributed by atoms with van der Waals surface area (Å²) >= 11 is 0. The van der Waals surface area contributed by atoms with E-state index in [0.717, 1.165) is 27.8 Å². The molecule has 23 heavy (non-hydrogen) atoms. The number of amides is 1. The molecule has 0 radical (unpaired) electrons. The highest BCUT2D eigenvalue weighted by molar-refractivity contribution is 6.03. The van der Waals surface area contributed by atoms with Gasteiger partial charge in [-0.05, 0) is 39.3 Å². The quantitative estimate of drug-likeness (QED) is 0.797. The second-order valence-electron chi connectivity index (χ2n) is 5.41. The first-order valence-corrected chi connectivity index (χ1v) is 7.90. The van der Waals surface area contributed by atoms with E-state index in [9.17, 15) is 4.79 Å². The molecular weight excluding hydrogens is 292 g/mol. The number of benzene rings is 1. The fourth-order valence-corrected chi connectivity index (χ4v) is 2.32. The van der Waals surface area contributed by atoms with Crippen molar-refractivity contribution in [1.29, 1.82) is 0 Å². The first-order chi connectivity index (χ1) is 11.0. The number of nitrogens with zero attached hydrogens (tertiary/aromatic N) is 1. The lowest BCUT2D eigenvalue weighted by Crippen LogP contribution is -2.29. The molecular formula is C18H24N2O3. The number of carbonyl (C=O) groups is 1. The van der Waals surface area contributed by atoms with Crippen LogP contribution < -0.4 is 5.32 Å². The van der Waals surface area contributed by atoms with Crippen LogP contribution in [0.5, 0.6) is 0 Å². The van der Waals surface area contributed by atoms with Gasteiger partial charge in [0, 0.05) is 17.7 Å². The first-order valence-electron chi connectivity index (χ1n) is 7.90. The zero-order chi connectivity index (χ0) is 16.8. The fraction of sp³-hybridized carbons (Fsp3) is 0.444. The Morgan fingerprint density at radius 2 is 2.00 bits per heavy atom. The van der Waals surface area contributed by atoms with E-state index in [0.29, 0.717) is 19.8 Å². The minimum atomic E-state index is -0.540. The van der Waals surface area contributed by atoms with Crippen molar-refractivity contribution < 1.29 is 14.3 Å². The number of carbonyl (C=O) groups excluding carboxylic acids is 1. The van der Waals surface area contributed by atoms with E-state index in [2.05, 4.69) is 10.3 Å². The number of pyridine rings is 1. The van der Waals surface area contributed by atoms with E-state index in [4.69, 9.17) is 9.47 Å². The lowest BCUT2D eigenvalue weighted by atomic mass is 10.1. The van der Waals surface area contributed by atoms with Crippen molar-refractivity contribution in [2.24, 2.45) is 0 Å². The number of nitrogens with one attached hydrogen (secondary N) is 1. The van der Waals surface area contributed by atoms with Gasteiger partial charge in [-0.1, -0.05) is 18.2 Å². The summed E-state index contributed by atoms with van der Waals surface area (Å²) in [5, 5.41) is 3.93. The van der Waals surface area contributed by atoms with Gasteiger partial charge in [0.25, 0.3) is 5.91 Å². The van der Waals surface area contributed by atoms with Crippen molar-refractivity contribution in [2.45, 2.75) is 33.8 Å². The zero-order valence-electron chi connectivity index (χ0n) is 14.2. The average Bonchev–Trinajstić information content (AvgIpc) is 2.55. The van der Waals surface area contributed by atoms with Crippen molar-refractivity contribution >= 4 is 22.5 Å². The molecule has 0 saturated carbocycles. The van der Waals surface area contributed by atoms with Crippen LogP contribution in [0.1, 0.15) is 25.1 Å². The Balaban J connectivity index is 2.14. The molecule has 2 rings (SSSR count). The Labute approximate surface area is 137 Å². The summed E-state index contributed by atoms with van der Waals surface area (Å²) in [5.41, 5.74) is 3.55. The summed E-state index contributed by atoms with van der Waals surface area (Å²) in [6.07, 6.45) is -0.540. The maximum absolute atomic E-state index is 12.4. The third-order valence-corrected chi connectivity index (χ3v) is 3.80. The van der Waals surface area contributed by atoms with Gasteiger partial charge in [0.15, 0.2) is 0 Å². The van der Waals surface area contributed by atoms with Crippen molar-refractivity contribution in [1.82, 2.24) is 4.98 Å². The van der Waals surface area contributed by atoms with E-state index in [1.54, 1.807) is 6.92 Å². The minimum absolute atomic E-state index is 0.166. The molecule has 1 heterocycles. The number of fused-ring (bicyclic) bond motifs is 1. The van der Waals surface area contributed by atoms with E-state index in [1.807, 2.05) is 45.0 Å². The van der Waals surface area contributed by atoms with Gasteiger partial charge < -0.3 is 14.8 Å². The molecule has 5 heteroatoms. The minimum Gasteiger partial charge on any atom is -0.379 e. The molecule has 0 bridgehead atoms. The molecule has 1 aromatic heterocycles. The highest BCUT2D eigenvalue weighted by Crippen LogP contribution is 2.27. The number of aryl methyl sites for hydroxylation is 1. The number of ether oxygens (including phenoxy) is 2. The van der Waals surface area contributed by atoms with Crippen molar-refractivity contribution in [2.75, 3.05) is 25.1 Å². The number of hydrogen-bond donors (Lipinski definition) is 1. The Bertz CT molecular complexity index is 685. The number of hydrogen-bond acceptors (Lipinski definition) is 4. The van der Waals surface area contributed by atoms with Gasteiger partial charge in [-0.25, -0.2) is 0 Å². The molecule has 2 aromatic rings. The molecule has 1 amide bonds. The third-order valence-electron chi connectivity index (χ3n) is 3.80. The van der Waals surface area contributed by atoms with E-state index >= 15 is 0 Å². The highest BCUT2D eigenvalue weighted by atomic mass is 16.5. The van der Waals surface area contributed by atoms with Crippen LogP contribution in [0.4, 0.5) is 5.69 Å². The van der Waals surface area contributed by atoms with Gasteiger partial charge in [-0.15, -0.1) is 0 Å². The van der Waals surface area contributed by atoms with Crippen LogP contribution in [-0.2, 0) is 14.3 Å². The summed E-state index contributed by atoms with van der Waals surface area (Å²) in [6.45, 7) is 9.11. The summed E-state index contributed by atoms with van der Waals surface area (Å²) < 4.78 is 10.7. The van der Waals surface area contributed by atoms with Gasteiger partial charge >= 0.3 is 0 Å². The molecule has 0 saturated heterocycles. The predicted octanol–water partition coefficient (Wildman–Crippen LogP) is 3.23. The molecule has 0 aliphatic heterocycles. The zero-order valence-corrected chi connectivity index (χ0v) is 14.2. The molecule has 0 fully saturated rings. The normalized spacial score (nSPS) is 12.3. The van der Waals surface area contributed by atoms with Crippen molar-refractivity contribution in [3.8, 4) is 0 Å². The molecule has 0 aliphatic rings. The van der Waals surface area contributed by atoms with Gasteiger partial charge in [0.05, 0.1) is 24.4 Å². The standard InChI is InChI=1S/C18H24N2O3/c1-5-22-10-11-23-14(4)18(21)20-17-12(2)13(3)19-16-9-7-6-8-15(16)17/h6-9,14H,5,10-11H2,1-4H3,(H,19,20,21). The summed E-state index contributed by atoms with van der Waals surface area (Å²) in [6, 6.07) is 7.79. The Hall–Kier alpha value is -1.98. The number of rotatable bonds is 7. The first kappa shape index (κ1) is 17.4. The maximum atomic E-state index is 12.4. The van der Waals surface area contributed by atoms with Crippen molar-refractivity contribution in [3.63, 3.8) is 0 Å². The number of aromatic nitrogens is 1. The third kappa shape index (κ3) is 4.27. The molecule has 124 valence electrons. The Kier molecular flexibility index (Phi) is 6.07. The van der Waals surface area contributed by atoms with Crippen LogP contribution in [0.3, 0.4) is 0 Å². The van der Waals surface area contributed by atoms with Crippen LogP contribution in [-0.4, -0.2) is 36.8 Å². The molecule has 0 spiro atoms. The van der Waals surface area contributed by atoms with Gasteiger partial charge in [-0.3, -0.25) is 9.78 Å². The van der Waals surface area contributed by atoms with Gasteiger partial charge in [-0.2, -0.15) is 0 Å². The summed E-state index contributed by atoms with van der Waals surface area (Å²) in [4.78, 5) is 16.9. The highest BCUT2D eigenvalue weighted by Gasteiger charge is 2.17. The molecule has 1 N–H and O–H groups in total. The van der Waals surface area contributed by atoms with Gasteiger partial charge in [0.2, 0.25) is 0 Å². The maximum Gasteiger partial charge on any atom is 0.253 e. The van der Waals surface area contributed by atoms with Crippen LogP contribution in [0.25, 0.3) is 10.9 Å². The Morgan fingerprint density at radius 1 is 1.26 bits per heavy atom. The van der Waals surface area contributed by atoms with E-state index < -0.39 is 6.10 Å². The molecule has 1 unspecified atom stereocenters. The van der Waals surface area contributed by atoms with Crippen LogP contribution in [0, 0.1) is 13.8 Å². The smallest absolute Gasteiger partial charge is 0.253 e. The monoisotopic (exact) mass is 316 g/mol. The average molecular weight is 316 g/mol. The van der Waals surface area contributed by atoms with Crippen molar-refractivity contribution in [3.05, 3.63) is 35.5 Å². The lowest BCUT2D eigenvalue weighted by molar-refractivity contribution is -0.127. The molecule has 1 atom stereocenters. The Morgan fingerprint density at radius 3 is 2.74 bits per heavy atom.